The van der Waals surface area contributed by atoms with Gasteiger partial charge in [-0.15, -0.1) is 0 Å². The van der Waals surface area contributed by atoms with Gasteiger partial charge in [-0.2, -0.15) is 0 Å². The Morgan fingerprint density at radius 1 is 1.13 bits per heavy atom. The first-order valence-electron chi connectivity index (χ1n) is 9.72. The van der Waals surface area contributed by atoms with Gasteiger partial charge in [0, 0.05) is 18.3 Å². The van der Waals surface area contributed by atoms with Crippen LogP contribution in [0.25, 0.3) is 10.2 Å². The van der Waals surface area contributed by atoms with Gasteiger partial charge in [-0.05, 0) is 43.2 Å². The number of hydrogen-bond donors (Lipinski definition) is 0. The Morgan fingerprint density at radius 3 is 2.68 bits per heavy atom. The van der Waals surface area contributed by atoms with Crippen LogP contribution >= 0.6 is 11.3 Å². The number of benzene rings is 2. The molecule has 0 radical (unpaired) electrons. The number of nitro groups is 1. The number of anilines is 1. The molecule has 0 bridgehead atoms. The molecule has 0 saturated carbocycles. The lowest BCUT2D eigenvalue weighted by atomic mass is 10.0. The number of pyridine rings is 1. The average molecular weight is 433 g/mol. The van der Waals surface area contributed by atoms with Crippen LogP contribution in [0.5, 0.6) is 0 Å². The lowest BCUT2D eigenvalue weighted by Crippen LogP contribution is -2.32. The predicted molar refractivity (Wildman–Crippen MR) is 121 cm³/mol. The molecule has 8 heteroatoms. The second-order valence-corrected chi connectivity index (χ2v) is 8.32. The van der Waals surface area contributed by atoms with Crippen LogP contribution in [0.4, 0.5) is 10.8 Å². The van der Waals surface area contributed by atoms with Crippen molar-refractivity contribution in [1.82, 2.24) is 9.97 Å². The second-order valence-electron chi connectivity index (χ2n) is 7.31. The first-order chi connectivity index (χ1) is 14.9. The molecule has 2 heterocycles. The van der Waals surface area contributed by atoms with Crippen LogP contribution in [-0.2, 0) is 17.8 Å². The number of amides is 1. The largest absolute Gasteiger partial charge is 0.282 e. The lowest BCUT2D eigenvalue weighted by Gasteiger charge is -2.20. The molecule has 2 aromatic carbocycles. The zero-order valence-electron chi connectivity index (χ0n) is 17.1. The Bertz CT molecular complexity index is 1270. The van der Waals surface area contributed by atoms with E-state index in [1.807, 2.05) is 44.2 Å². The number of nitro benzene ring substituents is 1. The van der Waals surface area contributed by atoms with Gasteiger partial charge in [-0.1, -0.05) is 41.2 Å². The van der Waals surface area contributed by atoms with Crippen LogP contribution in [0.15, 0.2) is 60.8 Å². The summed E-state index contributed by atoms with van der Waals surface area (Å²) < 4.78 is 0.662. The smallest absolute Gasteiger partial charge is 0.270 e. The minimum atomic E-state index is -0.435. The van der Waals surface area contributed by atoms with E-state index in [4.69, 9.17) is 0 Å². The fourth-order valence-electron chi connectivity index (χ4n) is 3.35. The number of carbonyl (C=O) groups excluding carboxylic acids is 1. The Balaban J connectivity index is 1.70. The number of thiazole rings is 1. The van der Waals surface area contributed by atoms with Crippen molar-refractivity contribution in [2.45, 2.75) is 26.8 Å². The zero-order valence-corrected chi connectivity index (χ0v) is 17.9. The number of rotatable bonds is 6. The minimum absolute atomic E-state index is 0.000540. The number of aryl methyl sites for hydroxylation is 2. The van der Waals surface area contributed by atoms with Crippen molar-refractivity contribution in [1.29, 1.82) is 0 Å². The van der Waals surface area contributed by atoms with Crippen molar-refractivity contribution in [3.8, 4) is 0 Å². The summed E-state index contributed by atoms with van der Waals surface area (Å²) in [6.45, 7) is 4.29. The van der Waals surface area contributed by atoms with Crippen LogP contribution in [-0.4, -0.2) is 20.8 Å². The fourth-order valence-corrected chi connectivity index (χ4v) is 4.36. The van der Waals surface area contributed by atoms with E-state index in [9.17, 15) is 14.9 Å². The first-order valence-corrected chi connectivity index (χ1v) is 10.5. The molecule has 0 aliphatic heterocycles. The number of aromatic nitrogens is 2. The van der Waals surface area contributed by atoms with Crippen LogP contribution in [0.1, 0.15) is 22.4 Å². The van der Waals surface area contributed by atoms with E-state index in [0.717, 1.165) is 22.4 Å². The van der Waals surface area contributed by atoms with Crippen molar-refractivity contribution in [3.05, 3.63) is 93.3 Å². The predicted octanol–water partition coefficient (Wildman–Crippen LogP) is 4.99. The van der Waals surface area contributed by atoms with Crippen LogP contribution < -0.4 is 4.90 Å². The quantitative estimate of drug-likeness (QED) is 0.316. The molecule has 0 fully saturated rings. The van der Waals surface area contributed by atoms with E-state index in [2.05, 4.69) is 16.0 Å². The Kier molecular flexibility index (Phi) is 5.73. The molecule has 1 amide bonds. The topological polar surface area (TPSA) is 89.2 Å². The number of fused-ring (bicyclic) bond motifs is 1. The SMILES string of the molecule is Cc1ccc(CC(=O)N(Cc2ccccn2)c2nc3ccc([N+](=O)[O-])cc3s2)c(C)c1. The van der Waals surface area contributed by atoms with E-state index < -0.39 is 4.92 Å². The van der Waals surface area contributed by atoms with Crippen molar-refractivity contribution < 1.29 is 9.72 Å². The van der Waals surface area contributed by atoms with Crippen LogP contribution in [0, 0.1) is 24.0 Å². The standard InChI is InChI=1S/C23H20N4O3S/c1-15-6-7-17(16(2)11-15)12-22(28)26(14-18-5-3-4-10-24-18)23-25-20-9-8-19(27(29)30)13-21(20)31-23/h3-11,13H,12,14H2,1-2H3. The summed E-state index contributed by atoms with van der Waals surface area (Å²) in [4.78, 5) is 34.6. The monoisotopic (exact) mass is 432 g/mol. The Morgan fingerprint density at radius 2 is 1.97 bits per heavy atom. The Hall–Kier alpha value is -3.65. The van der Waals surface area contributed by atoms with E-state index in [0.29, 0.717) is 15.3 Å². The average Bonchev–Trinajstić information content (AvgIpc) is 3.17. The number of non-ortho nitro benzene ring substituents is 1. The third-order valence-electron chi connectivity index (χ3n) is 4.99. The summed E-state index contributed by atoms with van der Waals surface area (Å²) in [6.07, 6.45) is 1.92. The molecule has 7 nitrogen and oxygen atoms in total. The minimum Gasteiger partial charge on any atom is -0.282 e. The third kappa shape index (κ3) is 4.59. The van der Waals surface area contributed by atoms with Crippen molar-refractivity contribution in [2.24, 2.45) is 0 Å². The van der Waals surface area contributed by atoms with Gasteiger partial charge in [0.2, 0.25) is 5.91 Å². The molecule has 4 rings (SSSR count). The van der Waals surface area contributed by atoms with Gasteiger partial charge < -0.3 is 0 Å². The zero-order chi connectivity index (χ0) is 22.0. The highest BCUT2D eigenvalue weighted by Gasteiger charge is 2.22. The van der Waals surface area contributed by atoms with E-state index in [1.54, 1.807) is 17.2 Å². The van der Waals surface area contributed by atoms with Gasteiger partial charge in [-0.25, -0.2) is 4.98 Å². The number of nitrogens with zero attached hydrogens (tertiary/aromatic N) is 4. The molecule has 0 saturated heterocycles. The van der Waals surface area contributed by atoms with Crippen LogP contribution in [0.3, 0.4) is 0 Å². The highest BCUT2D eigenvalue weighted by Crippen LogP contribution is 2.32. The summed E-state index contributed by atoms with van der Waals surface area (Å²) in [5.74, 6) is -0.105. The van der Waals surface area contributed by atoms with Crippen molar-refractivity contribution in [2.75, 3.05) is 4.90 Å². The van der Waals surface area contributed by atoms with Gasteiger partial charge in [0.15, 0.2) is 5.13 Å². The number of hydrogen-bond acceptors (Lipinski definition) is 6. The molecule has 0 unspecified atom stereocenters. The molecule has 0 atom stereocenters. The maximum atomic E-state index is 13.4. The highest BCUT2D eigenvalue weighted by molar-refractivity contribution is 7.22. The van der Waals surface area contributed by atoms with Gasteiger partial charge >= 0.3 is 0 Å². The number of carbonyl (C=O) groups is 1. The van der Waals surface area contributed by atoms with Gasteiger partial charge in [0.05, 0.1) is 33.8 Å². The van der Waals surface area contributed by atoms with Crippen molar-refractivity contribution in [3.63, 3.8) is 0 Å². The van der Waals surface area contributed by atoms with Crippen LogP contribution in [0.2, 0.25) is 0 Å². The van der Waals surface area contributed by atoms with Crippen molar-refractivity contribution >= 4 is 38.3 Å². The molecule has 4 aromatic rings. The van der Waals surface area contributed by atoms with E-state index in [-0.39, 0.29) is 24.6 Å². The summed E-state index contributed by atoms with van der Waals surface area (Å²) in [5.41, 5.74) is 4.52. The molecule has 31 heavy (non-hydrogen) atoms. The molecule has 0 spiro atoms. The summed E-state index contributed by atoms with van der Waals surface area (Å²) in [5, 5.41) is 11.6. The molecule has 2 aromatic heterocycles. The maximum absolute atomic E-state index is 13.4. The molecule has 0 aliphatic carbocycles. The van der Waals surface area contributed by atoms with Gasteiger partial charge in [0.1, 0.15) is 0 Å². The van der Waals surface area contributed by atoms with Gasteiger partial charge in [-0.3, -0.25) is 24.8 Å². The second kappa shape index (κ2) is 8.61. The normalized spacial score (nSPS) is 10.9. The molecular formula is C23H20N4O3S. The fraction of sp³-hybridized carbons (Fsp3) is 0.174. The van der Waals surface area contributed by atoms with E-state index >= 15 is 0 Å². The molecule has 0 N–H and O–H groups in total. The summed E-state index contributed by atoms with van der Waals surface area (Å²) in [7, 11) is 0. The summed E-state index contributed by atoms with van der Waals surface area (Å²) in [6, 6.07) is 16.1. The van der Waals surface area contributed by atoms with Gasteiger partial charge in [0.25, 0.3) is 5.69 Å². The Labute approximate surface area is 183 Å². The maximum Gasteiger partial charge on any atom is 0.270 e. The highest BCUT2D eigenvalue weighted by atomic mass is 32.1. The van der Waals surface area contributed by atoms with E-state index in [1.165, 1.54) is 23.5 Å². The molecule has 0 aliphatic rings. The molecular weight excluding hydrogens is 412 g/mol. The first kappa shape index (κ1) is 20.6. The molecule has 156 valence electrons. The lowest BCUT2D eigenvalue weighted by molar-refractivity contribution is -0.384. The summed E-state index contributed by atoms with van der Waals surface area (Å²) >= 11 is 1.26. The third-order valence-corrected chi connectivity index (χ3v) is 6.03.